The second-order valence-electron chi connectivity index (χ2n) is 7.44. The number of hydrogen-bond donors (Lipinski definition) is 0. The minimum Gasteiger partial charge on any atom is -0.0775 e. The first-order valence-electron chi connectivity index (χ1n) is 10.6. The van der Waals surface area contributed by atoms with Crippen molar-refractivity contribution in [3.05, 3.63) is 0 Å². The predicted molar refractivity (Wildman–Crippen MR) is 104 cm³/mol. The molecule has 1 rings (SSSR count). The summed E-state index contributed by atoms with van der Waals surface area (Å²) in [6.45, 7) is 2.30. The lowest BCUT2D eigenvalue weighted by Crippen LogP contribution is -2.01. The molecular formula is C21H42P. The van der Waals surface area contributed by atoms with Crippen LogP contribution >= 0.6 is 8.58 Å². The van der Waals surface area contributed by atoms with Gasteiger partial charge in [-0.1, -0.05) is 112 Å². The largest absolute Gasteiger partial charge is 0.0775 e. The molecular weight excluding hydrogens is 283 g/mol. The van der Waals surface area contributed by atoms with Crippen LogP contribution in [0.3, 0.4) is 0 Å². The van der Waals surface area contributed by atoms with E-state index in [1.165, 1.54) is 122 Å². The van der Waals surface area contributed by atoms with Crippen LogP contribution in [-0.4, -0.2) is 11.8 Å². The summed E-state index contributed by atoms with van der Waals surface area (Å²) in [5.74, 6) is 0. The molecule has 0 unspecified atom stereocenters. The molecule has 0 atom stereocenters. The number of hydrogen-bond acceptors (Lipinski definition) is 0. The fourth-order valence-electron chi connectivity index (χ4n) is 3.67. The van der Waals surface area contributed by atoms with E-state index in [1.807, 2.05) is 0 Å². The lowest BCUT2D eigenvalue weighted by atomic mass is 10.1. The molecule has 0 N–H and O–H groups in total. The Balaban J connectivity index is 1.83. The highest BCUT2D eigenvalue weighted by Gasteiger charge is 2.10. The van der Waals surface area contributed by atoms with Crippen LogP contribution in [0.15, 0.2) is 0 Å². The van der Waals surface area contributed by atoms with Crippen molar-refractivity contribution in [2.24, 2.45) is 0 Å². The maximum Gasteiger partial charge on any atom is -0.0170 e. The first kappa shape index (κ1) is 20.5. The van der Waals surface area contributed by atoms with E-state index in [4.69, 9.17) is 0 Å². The molecule has 0 aromatic carbocycles. The highest BCUT2D eigenvalue weighted by molar-refractivity contribution is 7.38. The Labute approximate surface area is 143 Å². The van der Waals surface area contributed by atoms with Crippen LogP contribution in [0.25, 0.3) is 0 Å². The Morgan fingerprint density at radius 1 is 0.591 bits per heavy atom. The maximum absolute atomic E-state index is 2.30. The van der Waals surface area contributed by atoms with Gasteiger partial charge in [0.2, 0.25) is 0 Å². The van der Waals surface area contributed by atoms with Crippen LogP contribution in [0, 0.1) is 0 Å². The molecule has 1 radical (unpaired) electrons. The zero-order valence-electron chi connectivity index (χ0n) is 15.5. The third-order valence-corrected chi connectivity index (χ3v) is 6.83. The van der Waals surface area contributed by atoms with Gasteiger partial charge >= 0.3 is 0 Å². The first-order valence-corrected chi connectivity index (χ1v) is 11.7. The monoisotopic (exact) mass is 325 g/mol. The van der Waals surface area contributed by atoms with Gasteiger partial charge in [-0.3, -0.25) is 0 Å². The van der Waals surface area contributed by atoms with Crippen molar-refractivity contribution in [2.75, 3.05) is 6.16 Å². The highest BCUT2D eigenvalue weighted by Crippen LogP contribution is 2.31. The minimum atomic E-state index is 1.05. The summed E-state index contributed by atoms with van der Waals surface area (Å²) in [6.07, 6.45) is 28.3. The summed E-state index contributed by atoms with van der Waals surface area (Å²) < 4.78 is 0. The van der Waals surface area contributed by atoms with Crippen molar-refractivity contribution in [2.45, 2.75) is 128 Å². The summed E-state index contributed by atoms with van der Waals surface area (Å²) >= 11 is 0. The van der Waals surface area contributed by atoms with Gasteiger partial charge < -0.3 is 0 Å². The van der Waals surface area contributed by atoms with Gasteiger partial charge in [0.15, 0.2) is 0 Å². The lowest BCUT2D eigenvalue weighted by Gasteiger charge is -2.14. The van der Waals surface area contributed by atoms with Crippen molar-refractivity contribution >= 4 is 8.58 Å². The summed E-state index contributed by atoms with van der Waals surface area (Å²) in [7, 11) is 1.79. The zero-order valence-corrected chi connectivity index (χ0v) is 16.4. The molecule has 0 aromatic heterocycles. The van der Waals surface area contributed by atoms with E-state index < -0.39 is 0 Å². The van der Waals surface area contributed by atoms with Gasteiger partial charge in [0.05, 0.1) is 0 Å². The van der Waals surface area contributed by atoms with Crippen LogP contribution in [0.1, 0.15) is 122 Å². The molecule has 0 bridgehead atoms. The van der Waals surface area contributed by atoms with Gasteiger partial charge in [0.1, 0.15) is 0 Å². The summed E-state index contributed by atoms with van der Waals surface area (Å²) in [4.78, 5) is 0. The second kappa shape index (κ2) is 16.3. The Morgan fingerprint density at radius 3 is 1.59 bits per heavy atom. The second-order valence-corrected chi connectivity index (χ2v) is 8.98. The molecule has 0 heterocycles. The van der Waals surface area contributed by atoms with Crippen molar-refractivity contribution < 1.29 is 0 Å². The Kier molecular flexibility index (Phi) is 15.2. The molecule has 22 heavy (non-hydrogen) atoms. The third kappa shape index (κ3) is 12.9. The molecule has 1 aliphatic carbocycles. The standard InChI is InChI=1S/C21H42P/c1-2-3-4-5-6-7-8-11-14-17-20-22-21-18-15-12-9-10-13-16-19-21/h21H,2-20H2,1H3. The summed E-state index contributed by atoms with van der Waals surface area (Å²) in [6, 6.07) is 0. The van der Waals surface area contributed by atoms with E-state index in [2.05, 4.69) is 6.92 Å². The van der Waals surface area contributed by atoms with Crippen molar-refractivity contribution in [3.63, 3.8) is 0 Å². The zero-order chi connectivity index (χ0) is 15.7. The molecule has 1 aliphatic rings. The molecule has 0 aromatic rings. The molecule has 0 spiro atoms. The molecule has 0 amide bonds. The minimum absolute atomic E-state index is 1.05. The third-order valence-electron chi connectivity index (χ3n) is 5.22. The predicted octanol–water partition coefficient (Wildman–Crippen LogP) is 8.36. The SMILES string of the molecule is CCCCCCCCCCCC[P]C1CCCCCCCC1. The topological polar surface area (TPSA) is 0 Å². The molecule has 1 heteroatoms. The van der Waals surface area contributed by atoms with Gasteiger partial charge in [-0.15, -0.1) is 0 Å². The van der Waals surface area contributed by atoms with Gasteiger partial charge in [-0.2, -0.15) is 0 Å². The summed E-state index contributed by atoms with van der Waals surface area (Å²) in [5.41, 5.74) is 1.05. The van der Waals surface area contributed by atoms with E-state index in [-0.39, 0.29) is 0 Å². The number of rotatable bonds is 12. The highest BCUT2D eigenvalue weighted by atomic mass is 31.1. The van der Waals surface area contributed by atoms with E-state index in [0.29, 0.717) is 0 Å². The molecule has 0 nitrogen and oxygen atoms in total. The fourth-order valence-corrected chi connectivity index (χ4v) is 5.17. The van der Waals surface area contributed by atoms with Gasteiger partial charge in [0.25, 0.3) is 0 Å². The fraction of sp³-hybridized carbons (Fsp3) is 1.00. The molecule has 0 saturated heterocycles. The van der Waals surface area contributed by atoms with Crippen molar-refractivity contribution in [3.8, 4) is 0 Å². The van der Waals surface area contributed by atoms with Gasteiger partial charge in [-0.25, -0.2) is 0 Å². The van der Waals surface area contributed by atoms with Crippen LogP contribution in [0.5, 0.6) is 0 Å². The Bertz CT molecular complexity index is 204. The quantitative estimate of drug-likeness (QED) is 0.250. The molecule has 1 fully saturated rings. The average Bonchev–Trinajstić information content (AvgIpc) is 2.66. The first-order chi connectivity index (χ1) is 10.9. The maximum atomic E-state index is 2.30. The Hall–Kier alpha value is 0.430. The molecule has 131 valence electrons. The van der Waals surface area contributed by atoms with Crippen LogP contribution < -0.4 is 0 Å². The Morgan fingerprint density at radius 2 is 1.05 bits per heavy atom. The van der Waals surface area contributed by atoms with Crippen LogP contribution in [0.2, 0.25) is 0 Å². The van der Waals surface area contributed by atoms with Crippen LogP contribution in [0.4, 0.5) is 0 Å². The average molecular weight is 326 g/mol. The van der Waals surface area contributed by atoms with Gasteiger partial charge in [-0.05, 0) is 31.1 Å². The lowest BCUT2D eigenvalue weighted by molar-refractivity contribution is 0.562. The normalized spacial score (nSPS) is 18.4. The van der Waals surface area contributed by atoms with E-state index in [9.17, 15) is 0 Å². The molecule has 0 aliphatic heterocycles. The van der Waals surface area contributed by atoms with Gasteiger partial charge in [0, 0.05) is 0 Å². The smallest absolute Gasteiger partial charge is 0.0170 e. The van der Waals surface area contributed by atoms with Crippen molar-refractivity contribution in [1.82, 2.24) is 0 Å². The van der Waals surface area contributed by atoms with E-state index in [1.54, 1.807) is 8.58 Å². The number of unbranched alkanes of at least 4 members (excludes halogenated alkanes) is 9. The summed E-state index contributed by atoms with van der Waals surface area (Å²) in [5, 5.41) is 0. The van der Waals surface area contributed by atoms with E-state index in [0.717, 1.165) is 5.66 Å². The van der Waals surface area contributed by atoms with Crippen LogP contribution in [-0.2, 0) is 0 Å². The van der Waals surface area contributed by atoms with Crippen molar-refractivity contribution in [1.29, 1.82) is 0 Å². The molecule has 1 saturated carbocycles. The van der Waals surface area contributed by atoms with E-state index >= 15 is 0 Å².